The summed E-state index contributed by atoms with van der Waals surface area (Å²) in [4.78, 5) is 5.38. The molecule has 0 fully saturated rings. The van der Waals surface area contributed by atoms with E-state index in [9.17, 15) is 4.39 Å². The molecule has 2 rings (SSSR count). The van der Waals surface area contributed by atoms with Crippen LogP contribution < -0.4 is 5.32 Å². The van der Waals surface area contributed by atoms with E-state index in [1.54, 1.807) is 0 Å². The van der Waals surface area contributed by atoms with Gasteiger partial charge in [0.2, 0.25) is 0 Å². The molecule has 2 nitrogen and oxygen atoms in total. The van der Waals surface area contributed by atoms with E-state index in [4.69, 9.17) is 0 Å². The van der Waals surface area contributed by atoms with E-state index >= 15 is 0 Å². The molecule has 11 heavy (non-hydrogen) atoms. The smallest absolute Gasteiger partial charge is 0.141 e. The van der Waals surface area contributed by atoms with Crippen molar-refractivity contribution in [3.63, 3.8) is 0 Å². The largest absolute Gasteiger partial charge is 0.311 e. The Bertz CT molecular complexity index is 235. The second-order valence-electron chi connectivity index (χ2n) is 2.54. The van der Waals surface area contributed by atoms with Gasteiger partial charge in [0.15, 0.2) is 0 Å². The first-order valence-electron chi connectivity index (χ1n) is 3.64. The number of nitrogens with zero attached hydrogens (tertiary/aromatic N) is 1. The normalized spacial score (nSPS) is 16.5. The van der Waals surface area contributed by atoms with Gasteiger partial charge in [-0.15, -0.1) is 11.3 Å². The topological polar surface area (TPSA) is 24.9 Å². The summed E-state index contributed by atoms with van der Waals surface area (Å²) in [5.41, 5.74) is 1.10. The van der Waals surface area contributed by atoms with Crippen molar-refractivity contribution in [3.05, 3.63) is 15.6 Å². The predicted molar refractivity (Wildman–Crippen MR) is 42.3 cm³/mol. The zero-order valence-electron chi connectivity index (χ0n) is 6.06. The minimum absolute atomic E-state index is 0.419. The standard InChI is InChI=1S/C7H9FN2S/c8-3-7-10-5-1-2-9-4-6(5)11-7/h9H,1-4H2. The van der Waals surface area contributed by atoms with Crippen LogP contribution in [0.2, 0.25) is 0 Å². The SMILES string of the molecule is FCc1nc2c(s1)CNCC2. The zero-order valence-corrected chi connectivity index (χ0v) is 6.88. The molecule has 4 heteroatoms. The lowest BCUT2D eigenvalue weighted by Crippen LogP contribution is -2.22. The number of alkyl halides is 1. The minimum Gasteiger partial charge on any atom is -0.311 e. The van der Waals surface area contributed by atoms with E-state index in [1.807, 2.05) is 0 Å². The molecule has 0 unspecified atom stereocenters. The van der Waals surface area contributed by atoms with Crippen LogP contribution >= 0.6 is 11.3 Å². The molecular weight excluding hydrogens is 163 g/mol. The van der Waals surface area contributed by atoms with Crippen molar-refractivity contribution in [3.8, 4) is 0 Å². The van der Waals surface area contributed by atoms with Crippen molar-refractivity contribution in [2.75, 3.05) is 6.54 Å². The molecule has 0 radical (unpaired) electrons. The van der Waals surface area contributed by atoms with Crippen LogP contribution in [0.15, 0.2) is 0 Å². The summed E-state index contributed by atoms with van der Waals surface area (Å²) in [5, 5.41) is 3.85. The Hall–Kier alpha value is -0.480. The highest BCUT2D eigenvalue weighted by Crippen LogP contribution is 2.21. The predicted octanol–water partition coefficient (Wildman–Crippen LogP) is 1.26. The molecule has 1 aromatic rings. The lowest BCUT2D eigenvalue weighted by molar-refractivity contribution is 0.482. The van der Waals surface area contributed by atoms with Crippen LogP contribution in [0.25, 0.3) is 0 Å². The fraction of sp³-hybridized carbons (Fsp3) is 0.571. The Morgan fingerprint density at radius 3 is 3.27 bits per heavy atom. The summed E-state index contributed by atoms with van der Waals surface area (Å²) in [6, 6.07) is 0. The van der Waals surface area contributed by atoms with Crippen molar-refractivity contribution in [1.29, 1.82) is 0 Å². The molecule has 0 amide bonds. The van der Waals surface area contributed by atoms with Crippen LogP contribution in [-0.2, 0) is 19.6 Å². The fourth-order valence-electron chi connectivity index (χ4n) is 1.24. The summed E-state index contributed by atoms with van der Waals surface area (Å²) in [6.07, 6.45) is 0.950. The number of aromatic nitrogens is 1. The molecule has 0 aromatic carbocycles. The summed E-state index contributed by atoms with van der Waals surface area (Å²) >= 11 is 1.49. The maximum absolute atomic E-state index is 12.1. The van der Waals surface area contributed by atoms with E-state index < -0.39 is 6.67 Å². The van der Waals surface area contributed by atoms with Crippen LogP contribution in [-0.4, -0.2) is 11.5 Å². The number of thiazole rings is 1. The molecule has 60 valence electrons. The van der Waals surface area contributed by atoms with E-state index in [-0.39, 0.29) is 0 Å². The lowest BCUT2D eigenvalue weighted by atomic mass is 10.2. The van der Waals surface area contributed by atoms with Gasteiger partial charge < -0.3 is 5.32 Å². The number of hydrogen-bond donors (Lipinski definition) is 1. The van der Waals surface area contributed by atoms with Gasteiger partial charge in [0, 0.05) is 24.4 Å². The van der Waals surface area contributed by atoms with Crippen LogP contribution in [0, 0.1) is 0 Å². The average Bonchev–Trinajstić information content (AvgIpc) is 2.46. The Labute approximate surface area is 68.5 Å². The Balaban J connectivity index is 2.32. The Kier molecular flexibility index (Phi) is 1.87. The van der Waals surface area contributed by atoms with Crippen molar-refractivity contribution in [2.24, 2.45) is 0 Å². The second-order valence-corrected chi connectivity index (χ2v) is 3.71. The highest BCUT2D eigenvalue weighted by Gasteiger charge is 2.13. The molecular formula is C7H9FN2S. The van der Waals surface area contributed by atoms with Crippen LogP contribution in [0.1, 0.15) is 15.6 Å². The van der Waals surface area contributed by atoms with Gasteiger partial charge in [-0.1, -0.05) is 0 Å². The van der Waals surface area contributed by atoms with Gasteiger partial charge in [-0.05, 0) is 0 Å². The first kappa shape index (κ1) is 7.18. The third kappa shape index (κ3) is 1.28. The molecule has 2 heterocycles. The molecule has 1 N–H and O–H groups in total. The van der Waals surface area contributed by atoms with Crippen molar-refractivity contribution >= 4 is 11.3 Å². The summed E-state index contributed by atoms with van der Waals surface area (Å²) in [7, 11) is 0. The average molecular weight is 172 g/mol. The molecule has 1 aliphatic rings. The number of nitrogens with one attached hydrogen (secondary N) is 1. The number of fused-ring (bicyclic) bond motifs is 1. The number of hydrogen-bond acceptors (Lipinski definition) is 3. The summed E-state index contributed by atoms with van der Waals surface area (Å²) < 4.78 is 12.1. The van der Waals surface area contributed by atoms with Gasteiger partial charge in [-0.25, -0.2) is 9.37 Å². The van der Waals surface area contributed by atoms with Crippen LogP contribution in [0.5, 0.6) is 0 Å². The Morgan fingerprint density at radius 1 is 1.64 bits per heavy atom. The Morgan fingerprint density at radius 2 is 2.55 bits per heavy atom. The van der Waals surface area contributed by atoms with E-state index in [1.165, 1.54) is 16.2 Å². The third-order valence-corrected chi connectivity index (χ3v) is 2.82. The van der Waals surface area contributed by atoms with Crippen molar-refractivity contribution in [2.45, 2.75) is 19.6 Å². The van der Waals surface area contributed by atoms with E-state index in [0.717, 1.165) is 25.2 Å². The molecule has 0 saturated carbocycles. The van der Waals surface area contributed by atoms with E-state index in [2.05, 4.69) is 10.3 Å². The number of rotatable bonds is 1. The van der Waals surface area contributed by atoms with Gasteiger partial charge in [-0.3, -0.25) is 0 Å². The van der Waals surface area contributed by atoms with Crippen LogP contribution in [0.4, 0.5) is 4.39 Å². The van der Waals surface area contributed by atoms with Crippen LogP contribution in [0.3, 0.4) is 0 Å². The van der Waals surface area contributed by atoms with Crippen molar-refractivity contribution < 1.29 is 4.39 Å². The molecule has 1 aliphatic heterocycles. The monoisotopic (exact) mass is 172 g/mol. The van der Waals surface area contributed by atoms with Gasteiger partial charge in [0.05, 0.1) is 5.69 Å². The maximum Gasteiger partial charge on any atom is 0.141 e. The quantitative estimate of drug-likeness (QED) is 0.689. The molecule has 0 aliphatic carbocycles. The second kappa shape index (κ2) is 2.87. The molecule has 1 aromatic heterocycles. The fourth-order valence-corrected chi connectivity index (χ4v) is 2.17. The lowest BCUT2D eigenvalue weighted by Gasteiger charge is -2.09. The van der Waals surface area contributed by atoms with Gasteiger partial charge in [0.25, 0.3) is 0 Å². The summed E-state index contributed by atoms with van der Waals surface area (Å²) in [5.74, 6) is 0. The highest BCUT2D eigenvalue weighted by atomic mass is 32.1. The minimum atomic E-state index is -0.419. The number of halogens is 1. The van der Waals surface area contributed by atoms with Gasteiger partial charge >= 0.3 is 0 Å². The van der Waals surface area contributed by atoms with Gasteiger partial charge in [0.1, 0.15) is 11.7 Å². The van der Waals surface area contributed by atoms with Gasteiger partial charge in [-0.2, -0.15) is 0 Å². The molecule has 0 atom stereocenters. The zero-order chi connectivity index (χ0) is 7.68. The van der Waals surface area contributed by atoms with E-state index in [0.29, 0.717) is 5.01 Å². The molecule has 0 bridgehead atoms. The molecule has 0 saturated heterocycles. The molecule has 0 spiro atoms. The first-order valence-corrected chi connectivity index (χ1v) is 4.46. The first-order chi connectivity index (χ1) is 5.40. The maximum atomic E-state index is 12.1. The highest BCUT2D eigenvalue weighted by molar-refractivity contribution is 7.11. The van der Waals surface area contributed by atoms with Crippen molar-refractivity contribution in [1.82, 2.24) is 10.3 Å². The summed E-state index contributed by atoms with van der Waals surface area (Å²) in [6.45, 7) is 1.42. The third-order valence-electron chi connectivity index (χ3n) is 1.76.